The number of fused-ring (bicyclic) bond motifs is 1. The Morgan fingerprint density at radius 1 is 0.958 bits per heavy atom. The van der Waals surface area contributed by atoms with Crippen LogP contribution in [0.3, 0.4) is 0 Å². The number of anilines is 2. The van der Waals surface area contributed by atoms with Crippen LogP contribution in [0.2, 0.25) is 0 Å². The van der Waals surface area contributed by atoms with E-state index in [9.17, 15) is 0 Å². The first-order valence-electron chi connectivity index (χ1n) is 8.16. The molecule has 0 aliphatic heterocycles. The lowest BCUT2D eigenvalue weighted by molar-refractivity contribution is 0.527. The number of aromatic nitrogens is 5. The van der Waals surface area contributed by atoms with E-state index in [2.05, 4.69) is 51.7 Å². The molecule has 3 aromatic heterocycles. The third-order valence-electron chi connectivity index (χ3n) is 3.56. The summed E-state index contributed by atoms with van der Waals surface area (Å²) in [6, 6.07) is 9.71. The van der Waals surface area contributed by atoms with Crippen molar-refractivity contribution in [3.8, 4) is 0 Å². The molecular weight excluding hydrogens is 302 g/mol. The van der Waals surface area contributed by atoms with Crippen molar-refractivity contribution in [2.75, 3.05) is 23.7 Å². The second-order valence-electron chi connectivity index (χ2n) is 6.68. The summed E-state index contributed by atoms with van der Waals surface area (Å²) in [6.45, 7) is 8.00. The highest BCUT2D eigenvalue weighted by atomic mass is 15.4. The standard InChI is InChI=1S/C17H23N7/c1-17(2,3)16-22-21-15-9-8-14(23-24(15)16)20-12-6-11-19-13-7-4-5-10-18-13/h4-5,7-10H,6,11-12H2,1-3H3,(H,18,19)(H,20,23). The van der Waals surface area contributed by atoms with Gasteiger partial charge in [0.2, 0.25) is 0 Å². The first-order chi connectivity index (χ1) is 11.5. The Kier molecular flexibility index (Phi) is 4.59. The fourth-order valence-electron chi connectivity index (χ4n) is 2.34. The zero-order valence-corrected chi connectivity index (χ0v) is 14.3. The minimum absolute atomic E-state index is 0.0996. The normalized spacial score (nSPS) is 11.6. The lowest BCUT2D eigenvalue weighted by atomic mass is 9.96. The van der Waals surface area contributed by atoms with Crippen molar-refractivity contribution >= 4 is 17.3 Å². The van der Waals surface area contributed by atoms with Crippen molar-refractivity contribution in [1.82, 2.24) is 24.8 Å². The predicted octanol–water partition coefficient (Wildman–Crippen LogP) is 2.73. The van der Waals surface area contributed by atoms with E-state index in [0.29, 0.717) is 0 Å². The first kappa shape index (κ1) is 16.2. The molecule has 3 rings (SSSR count). The molecule has 0 bridgehead atoms. The van der Waals surface area contributed by atoms with Gasteiger partial charge in [-0.3, -0.25) is 0 Å². The van der Waals surface area contributed by atoms with Crippen LogP contribution in [0.25, 0.3) is 5.65 Å². The quantitative estimate of drug-likeness (QED) is 0.678. The summed E-state index contributed by atoms with van der Waals surface area (Å²) in [6.07, 6.45) is 2.75. The summed E-state index contributed by atoms with van der Waals surface area (Å²) in [5.41, 5.74) is 0.666. The highest BCUT2D eigenvalue weighted by Crippen LogP contribution is 2.20. The molecule has 3 heterocycles. The fourth-order valence-corrected chi connectivity index (χ4v) is 2.34. The minimum Gasteiger partial charge on any atom is -0.370 e. The smallest absolute Gasteiger partial charge is 0.178 e. The Labute approximate surface area is 141 Å². The molecule has 3 aromatic rings. The fraction of sp³-hybridized carbons (Fsp3) is 0.412. The number of rotatable bonds is 6. The summed E-state index contributed by atoms with van der Waals surface area (Å²) in [5, 5.41) is 19.7. The van der Waals surface area contributed by atoms with Crippen molar-refractivity contribution in [3.63, 3.8) is 0 Å². The topological polar surface area (TPSA) is 80.0 Å². The molecule has 0 aliphatic carbocycles. The van der Waals surface area contributed by atoms with Crippen molar-refractivity contribution in [2.45, 2.75) is 32.6 Å². The molecule has 0 atom stereocenters. The number of hydrogen-bond acceptors (Lipinski definition) is 6. The summed E-state index contributed by atoms with van der Waals surface area (Å²) < 4.78 is 1.81. The molecule has 0 aromatic carbocycles. The average molecular weight is 325 g/mol. The monoisotopic (exact) mass is 325 g/mol. The van der Waals surface area contributed by atoms with Crippen molar-refractivity contribution < 1.29 is 0 Å². The van der Waals surface area contributed by atoms with Gasteiger partial charge in [0, 0.05) is 24.7 Å². The highest BCUT2D eigenvalue weighted by molar-refractivity contribution is 5.44. The maximum Gasteiger partial charge on any atom is 0.178 e. The van der Waals surface area contributed by atoms with Gasteiger partial charge in [0.05, 0.1) is 0 Å². The number of pyridine rings is 1. The van der Waals surface area contributed by atoms with Gasteiger partial charge >= 0.3 is 0 Å². The lowest BCUT2D eigenvalue weighted by Gasteiger charge is -2.15. The number of nitrogens with one attached hydrogen (secondary N) is 2. The van der Waals surface area contributed by atoms with Crippen molar-refractivity contribution in [1.29, 1.82) is 0 Å². The third kappa shape index (κ3) is 3.79. The third-order valence-corrected chi connectivity index (χ3v) is 3.56. The molecule has 7 heteroatoms. The molecule has 0 saturated heterocycles. The van der Waals surface area contributed by atoms with Gasteiger partial charge in [-0.25, -0.2) is 4.98 Å². The average Bonchev–Trinajstić information content (AvgIpc) is 2.99. The molecule has 0 spiro atoms. The lowest BCUT2D eigenvalue weighted by Crippen LogP contribution is -2.18. The molecule has 126 valence electrons. The van der Waals surface area contributed by atoms with Crippen molar-refractivity contribution in [3.05, 3.63) is 42.4 Å². The van der Waals surface area contributed by atoms with Gasteiger partial charge in [0.1, 0.15) is 11.6 Å². The maximum atomic E-state index is 4.61. The van der Waals surface area contributed by atoms with Crippen LogP contribution in [-0.4, -0.2) is 37.9 Å². The summed E-state index contributed by atoms with van der Waals surface area (Å²) >= 11 is 0. The minimum atomic E-state index is -0.0996. The zero-order valence-electron chi connectivity index (χ0n) is 14.3. The van der Waals surface area contributed by atoms with Gasteiger partial charge in [0.15, 0.2) is 11.5 Å². The molecule has 0 fully saturated rings. The largest absolute Gasteiger partial charge is 0.370 e. The summed E-state index contributed by atoms with van der Waals surface area (Å²) in [5.74, 6) is 2.58. The number of hydrogen-bond donors (Lipinski definition) is 2. The van der Waals surface area contributed by atoms with Crippen molar-refractivity contribution in [2.24, 2.45) is 0 Å². The molecule has 0 saturated carbocycles. The van der Waals surface area contributed by atoms with Gasteiger partial charge in [-0.2, -0.15) is 4.52 Å². The van der Waals surface area contributed by atoms with Crippen LogP contribution in [0.5, 0.6) is 0 Å². The Morgan fingerprint density at radius 2 is 1.75 bits per heavy atom. The van der Waals surface area contributed by atoms with Crippen LogP contribution in [0.4, 0.5) is 11.6 Å². The van der Waals surface area contributed by atoms with E-state index in [0.717, 1.165) is 42.6 Å². The van der Waals surface area contributed by atoms with E-state index in [1.807, 2.05) is 34.8 Å². The van der Waals surface area contributed by atoms with Gasteiger partial charge in [-0.15, -0.1) is 15.3 Å². The second-order valence-corrected chi connectivity index (χ2v) is 6.68. The van der Waals surface area contributed by atoms with Crippen LogP contribution in [-0.2, 0) is 5.41 Å². The first-order valence-corrected chi connectivity index (χ1v) is 8.16. The SMILES string of the molecule is CC(C)(C)c1nnc2ccc(NCCCNc3ccccn3)nn12. The molecule has 0 amide bonds. The van der Waals surface area contributed by atoms with Crippen LogP contribution in [0.15, 0.2) is 36.5 Å². The Hall–Kier alpha value is -2.70. The van der Waals surface area contributed by atoms with Gasteiger partial charge in [0.25, 0.3) is 0 Å². The van der Waals surface area contributed by atoms with E-state index in [1.165, 1.54) is 0 Å². The molecule has 0 radical (unpaired) electrons. The van der Waals surface area contributed by atoms with E-state index in [4.69, 9.17) is 0 Å². The van der Waals surface area contributed by atoms with Crippen LogP contribution < -0.4 is 10.6 Å². The van der Waals surface area contributed by atoms with Crippen LogP contribution in [0, 0.1) is 0 Å². The van der Waals surface area contributed by atoms with Crippen LogP contribution >= 0.6 is 0 Å². The number of nitrogens with zero attached hydrogens (tertiary/aromatic N) is 5. The van der Waals surface area contributed by atoms with E-state index >= 15 is 0 Å². The summed E-state index contributed by atoms with van der Waals surface area (Å²) in [4.78, 5) is 4.23. The highest BCUT2D eigenvalue weighted by Gasteiger charge is 2.21. The zero-order chi connectivity index (χ0) is 17.0. The van der Waals surface area contributed by atoms with Crippen LogP contribution in [0.1, 0.15) is 33.0 Å². The predicted molar refractivity (Wildman–Crippen MR) is 95.3 cm³/mol. The molecule has 0 unspecified atom stereocenters. The molecule has 7 nitrogen and oxygen atoms in total. The molecular formula is C17H23N7. The molecule has 0 aliphatic rings. The van der Waals surface area contributed by atoms with E-state index in [1.54, 1.807) is 6.20 Å². The Morgan fingerprint density at radius 3 is 2.46 bits per heavy atom. The summed E-state index contributed by atoms with van der Waals surface area (Å²) in [7, 11) is 0. The van der Waals surface area contributed by atoms with Gasteiger partial charge < -0.3 is 10.6 Å². The molecule has 24 heavy (non-hydrogen) atoms. The van der Waals surface area contributed by atoms with Gasteiger partial charge in [-0.1, -0.05) is 26.8 Å². The Bertz CT molecular complexity index is 790. The maximum absolute atomic E-state index is 4.61. The molecule has 2 N–H and O–H groups in total. The second kappa shape index (κ2) is 6.82. The Balaban J connectivity index is 1.55. The van der Waals surface area contributed by atoms with Gasteiger partial charge in [-0.05, 0) is 30.7 Å². The van der Waals surface area contributed by atoms with E-state index < -0.39 is 0 Å². The van der Waals surface area contributed by atoms with E-state index in [-0.39, 0.29) is 5.41 Å².